The number of aromatic nitrogens is 2. The largest absolute Gasteiger partial charge is 0.497 e. The molecule has 2 N–H and O–H groups in total. The van der Waals surface area contributed by atoms with Gasteiger partial charge in [-0.05, 0) is 24.6 Å². The van der Waals surface area contributed by atoms with Crippen LogP contribution >= 0.6 is 0 Å². The van der Waals surface area contributed by atoms with Crippen molar-refractivity contribution in [3.8, 4) is 5.75 Å². The zero-order chi connectivity index (χ0) is 17.8. The van der Waals surface area contributed by atoms with Crippen LogP contribution in [-0.4, -0.2) is 47.0 Å². The monoisotopic (exact) mass is 340 g/mol. The number of hydrogen-bond acceptors (Lipinski definition) is 8. The number of fused-ring (bicyclic) bond motifs is 1. The predicted molar refractivity (Wildman–Crippen MR) is 95.2 cm³/mol. The molecule has 0 aliphatic rings. The fourth-order valence-electron chi connectivity index (χ4n) is 2.43. The van der Waals surface area contributed by atoms with E-state index in [-0.39, 0.29) is 0 Å². The molecule has 0 bridgehead atoms. The van der Waals surface area contributed by atoms with E-state index in [4.69, 9.17) is 9.15 Å². The Hall–Kier alpha value is -2.91. The minimum Gasteiger partial charge on any atom is -0.497 e. The summed E-state index contributed by atoms with van der Waals surface area (Å²) in [4.78, 5) is 8.35. The number of furan rings is 1. The van der Waals surface area contributed by atoms with Crippen molar-refractivity contribution < 1.29 is 19.2 Å². The minimum absolute atomic E-state index is 0.294. The van der Waals surface area contributed by atoms with Crippen molar-refractivity contribution in [2.45, 2.75) is 6.92 Å². The Bertz CT molecular complexity index is 897. The number of benzene rings is 1. The second kappa shape index (κ2) is 7.33. The lowest BCUT2D eigenvalue weighted by Crippen LogP contribution is -2.31. The number of nitrogens with zero attached hydrogens (tertiary/aromatic N) is 4. The van der Waals surface area contributed by atoms with Crippen LogP contribution in [-0.2, 0) is 0 Å². The molecule has 1 aromatic carbocycles. The number of ether oxygens (including phenoxy) is 1. The van der Waals surface area contributed by atoms with Gasteiger partial charge < -0.3 is 19.2 Å². The molecule has 0 fully saturated rings. The van der Waals surface area contributed by atoms with E-state index < -0.39 is 7.12 Å². The van der Waals surface area contributed by atoms with Gasteiger partial charge in [0.05, 0.1) is 25.0 Å². The first-order valence-corrected chi connectivity index (χ1v) is 7.67. The molecular weight excluding hydrogens is 323 g/mol. The summed E-state index contributed by atoms with van der Waals surface area (Å²) >= 11 is 0. The van der Waals surface area contributed by atoms with Crippen LogP contribution in [0.5, 0.6) is 5.75 Å². The Morgan fingerprint density at radius 3 is 2.88 bits per heavy atom. The van der Waals surface area contributed by atoms with Gasteiger partial charge >= 0.3 is 7.12 Å². The molecule has 3 rings (SSSR count). The van der Waals surface area contributed by atoms with Gasteiger partial charge in [0.15, 0.2) is 5.82 Å². The zero-order valence-electron chi connectivity index (χ0n) is 13.8. The van der Waals surface area contributed by atoms with Crippen LogP contribution in [0.1, 0.15) is 12.5 Å². The minimum atomic E-state index is -1.59. The second-order valence-electron chi connectivity index (χ2n) is 5.17. The Kier molecular flexibility index (Phi) is 4.96. The van der Waals surface area contributed by atoms with E-state index in [1.165, 1.54) is 13.4 Å². The van der Waals surface area contributed by atoms with Gasteiger partial charge in [0.25, 0.3) is 0 Å². The highest BCUT2D eigenvalue weighted by Gasteiger charge is 2.17. The van der Waals surface area contributed by atoms with Gasteiger partial charge in [-0.15, -0.1) is 0 Å². The number of rotatable bonds is 6. The molecule has 2 aromatic heterocycles. The van der Waals surface area contributed by atoms with Crippen molar-refractivity contribution in [3.63, 3.8) is 0 Å². The van der Waals surface area contributed by atoms with Crippen LogP contribution in [0.15, 0.2) is 46.4 Å². The Labute approximate surface area is 144 Å². The average molecular weight is 340 g/mol. The number of hydrazone groups is 1. The zero-order valence-corrected chi connectivity index (χ0v) is 13.8. The molecule has 0 spiro atoms. The lowest BCUT2D eigenvalue weighted by Gasteiger charge is -2.16. The van der Waals surface area contributed by atoms with Gasteiger partial charge in [-0.2, -0.15) is 5.10 Å². The maximum atomic E-state index is 9.32. The maximum absolute atomic E-state index is 9.32. The quantitative estimate of drug-likeness (QED) is 0.388. The molecule has 0 aliphatic carbocycles. The van der Waals surface area contributed by atoms with E-state index in [1.807, 2.05) is 6.92 Å². The normalized spacial score (nSPS) is 11.2. The third kappa shape index (κ3) is 3.47. The van der Waals surface area contributed by atoms with Crippen LogP contribution in [0.4, 0.5) is 5.82 Å². The first-order chi connectivity index (χ1) is 12.1. The van der Waals surface area contributed by atoms with Gasteiger partial charge in [0, 0.05) is 12.0 Å². The van der Waals surface area contributed by atoms with Crippen molar-refractivity contribution in [2.24, 2.45) is 5.10 Å². The summed E-state index contributed by atoms with van der Waals surface area (Å²) in [6, 6.07) is 6.78. The molecule has 3 aromatic rings. The van der Waals surface area contributed by atoms with E-state index in [1.54, 1.807) is 41.8 Å². The lowest BCUT2D eigenvalue weighted by molar-refractivity contribution is 0.403. The van der Waals surface area contributed by atoms with Crippen molar-refractivity contribution in [1.82, 2.24) is 9.97 Å². The standard InChI is InChI=1S/C16H17BN4O4/c1-3-21(15-12-6-7-25-16(12)19-10-18-15)20-9-11-4-5-13(17(22)23)14(8-11)24-2/h4-10,22-23H,3H2,1-2H3/b20-9+. The van der Waals surface area contributed by atoms with Crippen molar-refractivity contribution in [1.29, 1.82) is 0 Å². The number of methoxy groups -OCH3 is 1. The van der Waals surface area contributed by atoms with E-state index in [2.05, 4.69) is 15.1 Å². The maximum Gasteiger partial charge on any atom is 0.492 e. The van der Waals surface area contributed by atoms with Gasteiger partial charge in [-0.1, -0.05) is 12.1 Å². The summed E-state index contributed by atoms with van der Waals surface area (Å²) < 4.78 is 10.5. The number of hydrogen-bond donors (Lipinski definition) is 2. The smallest absolute Gasteiger partial charge is 0.492 e. The Balaban J connectivity index is 1.90. The van der Waals surface area contributed by atoms with Gasteiger partial charge in [0.2, 0.25) is 5.71 Å². The van der Waals surface area contributed by atoms with Crippen molar-refractivity contribution >= 4 is 35.7 Å². The molecule has 0 saturated carbocycles. The molecule has 128 valence electrons. The molecular formula is C16H17BN4O4. The summed E-state index contributed by atoms with van der Waals surface area (Å²) in [7, 11) is -0.125. The first kappa shape index (κ1) is 16.9. The van der Waals surface area contributed by atoms with Crippen LogP contribution < -0.4 is 15.2 Å². The third-order valence-electron chi connectivity index (χ3n) is 3.67. The Morgan fingerprint density at radius 2 is 2.16 bits per heavy atom. The summed E-state index contributed by atoms with van der Waals surface area (Å²) in [6.45, 7) is 2.55. The van der Waals surface area contributed by atoms with Crippen LogP contribution in [0, 0.1) is 0 Å². The summed E-state index contributed by atoms with van der Waals surface area (Å²) in [6.07, 6.45) is 4.64. The lowest BCUT2D eigenvalue weighted by atomic mass is 9.79. The molecule has 0 radical (unpaired) electrons. The molecule has 0 saturated heterocycles. The van der Waals surface area contributed by atoms with Crippen LogP contribution in [0.2, 0.25) is 0 Å². The SMILES string of the molecule is CCN(/N=C/c1ccc(B(O)O)c(OC)c1)c1ncnc2occc12. The van der Waals surface area contributed by atoms with E-state index in [0.29, 0.717) is 29.3 Å². The highest BCUT2D eigenvalue weighted by atomic mass is 16.5. The molecule has 25 heavy (non-hydrogen) atoms. The highest BCUT2D eigenvalue weighted by molar-refractivity contribution is 6.59. The number of anilines is 1. The van der Waals surface area contributed by atoms with Crippen molar-refractivity contribution in [3.05, 3.63) is 42.4 Å². The molecule has 0 unspecified atom stereocenters. The summed E-state index contributed by atoms with van der Waals surface area (Å²) in [5, 5.41) is 25.6. The van der Waals surface area contributed by atoms with E-state index in [0.717, 1.165) is 10.9 Å². The fourth-order valence-corrected chi connectivity index (χ4v) is 2.43. The molecule has 2 heterocycles. The van der Waals surface area contributed by atoms with E-state index in [9.17, 15) is 10.0 Å². The Morgan fingerprint density at radius 1 is 1.32 bits per heavy atom. The summed E-state index contributed by atoms with van der Waals surface area (Å²) in [5.41, 5.74) is 1.54. The average Bonchev–Trinajstić information content (AvgIpc) is 3.11. The third-order valence-corrected chi connectivity index (χ3v) is 3.67. The predicted octanol–water partition coefficient (Wildman–Crippen LogP) is 0.772. The van der Waals surface area contributed by atoms with Gasteiger partial charge in [-0.25, -0.2) is 15.0 Å². The highest BCUT2D eigenvalue weighted by Crippen LogP contribution is 2.23. The van der Waals surface area contributed by atoms with Crippen LogP contribution in [0.25, 0.3) is 11.1 Å². The molecule has 8 nitrogen and oxygen atoms in total. The second-order valence-corrected chi connectivity index (χ2v) is 5.17. The van der Waals surface area contributed by atoms with Gasteiger partial charge in [-0.3, -0.25) is 0 Å². The first-order valence-electron chi connectivity index (χ1n) is 7.67. The molecule has 9 heteroatoms. The molecule has 0 amide bonds. The fraction of sp³-hybridized carbons (Fsp3) is 0.188. The van der Waals surface area contributed by atoms with E-state index >= 15 is 0 Å². The van der Waals surface area contributed by atoms with Crippen molar-refractivity contribution in [2.75, 3.05) is 18.7 Å². The topological polar surface area (TPSA) is 104 Å². The van der Waals surface area contributed by atoms with Gasteiger partial charge in [0.1, 0.15) is 12.1 Å². The molecule has 0 atom stereocenters. The summed E-state index contributed by atoms with van der Waals surface area (Å²) in [5.74, 6) is 1.02. The van der Waals surface area contributed by atoms with Crippen LogP contribution in [0.3, 0.4) is 0 Å². The molecule has 0 aliphatic heterocycles.